The molecule has 3 heteroatoms. The van der Waals surface area contributed by atoms with Gasteiger partial charge in [-0.3, -0.25) is 4.79 Å². The van der Waals surface area contributed by atoms with Crippen LogP contribution in [0.4, 0.5) is 0 Å². The molecule has 1 aromatic rings. The molecule has 0 spiro atoms. The SMILES string of the molecule is CCOC(=O)C(CC(C)C)(C(C)(C)C)C(CC)(c1ccccc1OC)C(C)C. The van der Waals surface area contributed by atoms with Crippen molar-refractivity contribution in [2.24, 2.45) is 22.7 Å². The molecule has 0 heterocycles. The number of ether oxygens (including phenoxy) is 2. The Kier molecular flexibility index (Phi) is 8.17. The Labute approximate surface area is 173 Å². The molecule has 0 N–H and O–H groups in total. The van der Waals surface area contributed by atoms with Crippen LogP contribution in [0.2, 0.25) is 0 Å². The van der Waals surface area contributed by atoms with E-state index in [1.807, 2.05) is 19.1 Å². The molecule has 3 nitrogen and oxygen atoms in total. The van der Waals surface area contributed by atoms with Crippen molar-refractivity contribution in [2.45, 2.75) is 80.6 Å². The Morgan fingerprint density at radius 1 is 1.04 bits per heavy atom. The maximum Gasteiger partial charge on any atom is 0.313 e. The average molecular weight is 391 g/mol. The Morgan fingerprint density at radius 3 is 2.00 bits per heavy atom. The smallest absolute Gasteiger partial charge is 0.313 e. The summed E-state index contributed by atoms with van der Waals surface area (Å²) in [6, 6.07) is 8.20. The van der Waals surface area contributed by atoms with Crippen molar-refractivity contribution in [3.8, 4) is 5.75 Å². The van der Waals surface area contributed by atoms with Crippen LogP contribution >= 0.6 is 0 Å². The fourth-order valence-corrected chi connectivity index (χ4v) is 5.54. The Morgan fingerprint density at radius 2 is 1.61 bits per heavy atom. The average Bonchev–Trinajstić information content (AvgIpc) is 2.60. The van der Waals surface area contributed by atoms with Gasteiger partial charge >= 0.3 is 5.97 Å². The summed E-state index contributed by atoms with van der Waals surface area (Å²) >= 11 is 0. The molecule has 160 valence electrons. The van der Waals surface area contributed by atoms with Gasteiger partial charge in [0.15, 0.2) is 0 Å². The molecular formula is C25H42O3. The third kappa shape index (κ3) is 3.95. The molecule has 0 amide bonds. The summed E-state index contributed by atoms with van der Waals surface area (Å²) in [5.41, 5.74) is -0.306. The Hall–Kier alpha value is -1.51. The lowest BCUT2D eigenvalue weighted by atomic mass is 9.44. The van der Waals surface area contributed by atoms with Crippen LogP contribution in [0, 0.1) is 22.7 Å². The lowest BCUT2D eigenvalue weighted by molar-refractivity contribution is -0.178. The lowest BCUT2D eigenvalue weighted by Crippen LogP contribution is -2.61. The van der Waals surface area contributed by atoms with E-state index in [0.29, 0.717) is 12.5 Å². The third-order valence-electron chi connectivity index (χ3n) is 6.51. The van der Waals surface area contributed by atoms with Crippen molar-refractivity contribution in [1.82, 2.24) is 0 Å². The molecule has 0 aliphatic rings. The monoisotopic (exact) mass is 390 g/mol. The summed E-state index contributed by atoms with van der Waals surface area (Å²) in [7, 11) is 1.71. The Bertz CT molecular complexity index is 641. The van der Waals surface area contributed by atoms with E-state index in [9.17, 15) is 4.79 Å². The topological polar surface area (TPSA) is 35.5 Å². The van der Waals surface area contributed by atoms with E-state index in [1.54, 1.807) is 7.11 Å². The van der Waals surface area contributed by atoms with Crippen molar-refractivity contribution in [1.29, 1.82) is 0 Å². The molecule has 0 fully saturated rings. The van der Waals surface area contributed by atoms with Gasteiger partial charge in [0, 0.05) is 11.0 Å². The molecule has 0 aromatic heterocycles. The maximum atomic E-state index is 13.9. The van der Waals surface area contributed by atoms with E-state index in [4.69, 9.17) is 9.47 Å². The molecule has 0 aliphatic carbocycles. The first kappa shape index (κ1) is 24.5. The number of hydrogen-bond acceptors (Lipinski definition) is 3. The van der Waals surface area contributed by atoms with Gasteiger partial charge in [0.1, 0.15) is 5.75 Å². The van der Waals surface area contributed by atoms with E-state index in [2.05, 4.69) is 67.5 Å². The van der Waals surface area contributed by atoms with Crippen LogP contribution in [0.1, 0.15) is 80.7 Å². The minimum absolute atomic E-state index is 0.0855. The van der Waals surface area contributed by atoms with Crippen molar-refractivity contribution in [3.05, 3.63) is 29.8 Å². The zero-order chi connectivity index (χ0) is 21.8. The van der Waals surface area contributed by atoms with Gasteiger partial charge in [-0.05, 0) is 43.1 Å². The normalized spacial score (nSPS) is 16.6. The van der Waals surface area contributed by atoms with E-state index >= 15 is 0 Å². The van der Waals surface area contributed by atoms with Crippen LogP contribution in [0.3, 0.4) is 0 Å². The zero-order valence-corrected chi connectivity index (χ0v) is 19.8. The predicted molar refractivity (Wildman–Crippen MR) is 118 cm³/mol. The summed E-state index contributed by atoms with van der Waals surface area (Å²) in [5, 5.41) is 0. The number of methoxy groups -OCH3 is 1. The van der Waals surface area contributed by atoms with Crippen LogP contribution in [0.5, 0.6) is 5.75 Å². The minimum atomic E-state index is -0.693. The van der Waals surface area contributed by atoms with Crippen LogP contribution in [0.15, 0.2) is 24.3 Å². The summed E-state index contributed by atoms with van der Waals surface area (Å²) in [5.74, 6) is 1.33. The molecular weight excluding hydrogens is 348 g/mol. The lowest BCUT2D eigenvalue weighted by Gasteiger charge is -2.58. The number of hydrogen-bond donors (Lipinski definition) is 0. The largest absolute Gasteiger partial charge is 0.496 e. The standard InChI is InChI=1S/C25H42O3/c1-11-24(19(5)6,20-15-13-14-16-21(20)27-10)25(17-18(3)4,23(7,8)9)22(26)28-12-2/h13-16,18-19H,11-12,17H2,1-10H3. The quantitative estimate of drug-likeness (QED) is 0.443. The molecule has 28 heavy (non-hydrogen) atoms. The van der Waals surface area contributed by atoms with Crippen LogP contribution in [-0.2, 0) is 14.9 Å². The van der Waals surface area contributed by atoms with Gasteiger partial charge in [-0.15, -0.1) is 0 Å². The molecule has 2 atom stereocenters. The molecule has 0 saturated heterocycles. The van der Waals surface area contributed by atoms with Crippen molar-refractivity contribution >= 4 is 5.97 Å². The first-order valence-corrected chi connectivity index (χ1v) is 10.8. The second kappa shape index (κ2) is 9.33. The number of para-hydroxylation sites is 1. The molecule has 2 unspecified atom stereocenters. The highest BCUT2D eigenvalue weighted by atomic mass is 16.5. The van der Waals surface area contributed by atoms with Crippen molar-refractivity contribution in [3.63, 3.8) is 0 Å². The van der Waals surface area contributed by atoms with Gasteiger partial charge in [-0.25, -0.2) is 0 Å². The van der Waals surface area contributed by atoms with Gasteiger partial charge in [0.05, 0.1) is 19.1 Å². The summed E-state index contributed by atoms with van der Waals surface area (Å²) < 4.78 is 11.6. The number of carbonyl (C=O) groups excluding carboxylic acids is 1. The van der Waals surface area contributed by atoms with Crippen molar-refractivity contribution < 1.29 is 14.3 Å². The molecule has 1 aromatic carbocycles. The second-order valence-corrected chi connectivity index (χ2v) is 9.65. The predicted octanol–water partition coefficient (Wildman–Crippen LogP) is 6.64. The summed E-state index contributed by atoms with van der Waals surface area (Å²) in [6.07, 6.45) is 1.59. The number of esters is 1. The number of rotatable bonds is 9. The fraction of sp³-hybridized carbons (Fsp3) is 0.720. The highest BCUT2D eigenvalue weighted by Crippen LogP contribution is 2.63. The Balaban J connectivity index is 4.11. The van der Waals surface area contributed by atoms with Gasteiger partial charge < -0.3 is 9.47 Å². The first-order chi connectivity index (χ1) is 13.0. The second-order valence-electron chi connectivity index (χ2n) is 9.65. The number of carbonyl (C=O) groups is 1. The molecule has 0 bridgehead atoms. The van der Waals surface area contributed by atoms with Gasteiger partial charge in [0.25, 0.3) is 0 Å². The molecule has 0 saturated carbocycles. The fourth-order valence-electron chi connectivity index (χ4n) is 5.54. The highest BCUT2D eigenvalue weighted by Gasteiger charge is 2.64. The van der Waals surface area contributed by atoms with E-state index in [-0.39, 0.29) is 17.3 Å². The summed E-state index contributed by atoms with van der Waals surface area (Å²) in [4.78, 5) is 13.9. The molecule has 0 radical (unpaired) electrons. The number of benzene rings is 1. The van der Waals surface area contributed by atoms with E-state index < -0.39 is 10.8 Å². The van der Waals surface area contributed by atoms with E-state index in [1.165, 1.54) is 0 Å². The maximum absolute atomic E-state index is 13.9. The molecule has 1 rings (SSSR count). The summed E-state index contributed by atoms with van der Waals surface area (Å²) in [6.45, 7) is 19.9. The molecule has 0 aliphatic heterocycles. The first-order valence-electron chi connectivity index (χ1n) is 10.8. The highest BCUT2D eigenvalue weighted by molar-refractivity contribution is 5.81. The van der Waals surface area contributed by atoms with Gasteiger partial charge in [-0.2, -0.15) is 0 Å². The third-order valence-corrected chi connectivity index (χ3v) is 6.51. The van der Waals surface area contributed by atoms with Crippen LogP contribution in [0.25, 0.3) is 0 Å². The van der Waals surface area contributed by atoms with Crippen LogP contribution in [-0.4, -0.2) is 19.7 Å². The minimum Gasteiger partial charge on any atom is -0.496 e. The van der Waals surface area contributed by atoms with Gasteiger partial charge in [-0.1, -0.05) is 73.6 Å². The van der Waals surface area contributed by atoms with Crippen molar-refractivity contribution in [2.75, 3.05) is 13.7 Å². The zero-order valence-electron chi connectivity index (χ0n) is 19.8. The van der Waals surface area contributed by atoms with Crippen LogP contribution < -0.4 is 4.74 Å². The van der Waals surface area contributed by atoms with E-state index in [0.717, 1.165) is 24.2 Å². The van der Waals surface area contributed by atoms with Gasteiger partial charge in [0.2, 0.25) is 0 Å².